The molecule has 0 amide bonds. The van der Waals surface area contributed by atoms with Crippen LogP contribution in [-0.4, -0.2) is 51.5 Å². The summed E-state index contributed by atoms with van der Waals surface area (Å²) in [5.41, 5.74) is 2.03. The Labute approximate surface area is 178 Å². The Balaban J connectivity index is 1.87. The molecule has 0 bridgehead atoms. The van der Waals surface area contributed by atoms with E-state index in [1.54, 1.807) is 0 Å². The number of nitrogens with zero attached hydrogens (tertiary/aromatic N) is 1. The molecule has 29 heavy (non-hydrogen) atoms. The maximum absolute atomic E-state index is 10.5. The van der Waals surface area contributed by atoms with Gasteiger partial charge in [0.25, 0.3) is 0 Å². The van der Waals surface area contributed by atoms with Crippen molar-refractivity contribution in [2.75, 3.05) is 23.0 Å². The normalized spacial score (nSPS) is 20.4. The van der Waals surface area contributed by atoms with Crippen molar-refractivity contribution in [1.82, 2.24) is 0 Å². The van der Waals surface area contributed by atoms with E-state index in [2.05, 4.69) is 11.8 Å². The number of benzene rings is 1. The molecule has 162 valence electrons. The zero-order chi connectivity index (χ0) is 21.1. The van der Waals surface area contributed by atoms with Gasteiger partial charge in [-0.05, 0) is 37.0 Å². The molecule has 1 fully saturated rings. The van der Waals surface area contributed by atoms with Crippen molar-refractivity contribution >= 4 is 23.4 Å². The van der Waals surface area contributed by atoms with Crippen LogP contribution >= 0.6 is 11.8 Å². The first-order valence-electron chi connectivity index (χ1n) is 10.7. The topological polar surface area (TPSA) is 81.0 Å². The lowest BCUT2D eigenvalue weighted by atomic mass is 10.0. The van der Waals surface area contributed by atoms with Crippen LogP contribution in [0.25, 0.3) is 0 Å². The molecule has 1 aliphatic heterocycles. The van der Waals surface area contributed by atoms with Crippen molar-refractivity contribution in [2.45, 2.75) is 70.1 Å². The number of rotatable bonds is 13. The fraction of sp³-hybridized carbons (Fsp3) is 0.609. The van der Waals surface area contributed by atoms with Crippen molar-refractivity contribution in [3.63, 3.8) is 0 Å². The molecule has 3 unspecified atom stereocenters. The lowest BCUT2D eigenvalue weighted by molar-refractivity contribution is -0.133. The number of carbonyl (C=O) groups is 1. The zero-order valence-electron chi connectivity index (χ0n) is 17.4. The van der Waals surface area contributed by atoms with Gasteiger partial charge in [-0.25, -0.2) is 0 Å². The number of hydrogen-bond acceptors (Lipinski definition) is 5. The molecule has 1 saturated heterocycles. The Hall–Kier alpha value is -1.50. The molecule has 0 spiro atoms. The highest BCUT2D eigenvalue weighted by Crippen LogP contribution is 2.30. The molecule has 0 aliphatic carbocycles. The summed E-state index contributed by atoms with van der Waals surface area (Å²) in [5.74, 6) is -0.0189. The van der Waals surface area contributed by atoms with Gasteiger partial charge in [0.2, 0.25) is 0 Å². The Kier molecular flexibility index (Phi) is 10.6. The van der Waals surface area contributed by atoms with E-state index in [9.17, 15) is 15.0 Å². The van der Waals surface area contributed by atoms with E-state index in [0.717, 1.165) is 43.5 Å². The number of carboxylic acids is 1. The molecular formula is C23H35NO4S. The number of thioether (sulfide) groups is 1. The highest BCUT2D eigenvalue weighted by Gasteiger charge is 2.31. The smallest absolute Gasteiger partial charge is 0.313 e. The van der Waals surface area contributed by atoms with Crippen LogP contribution in [0.1, 0.15) is 63.5 Å². The van der Waals surface area contributed by atoms with Gasteiger partial charge in [-0.1, -0.05) is 56.9 Å². The summed E-state index contributed by atoms with van der Waals surface area (Å²) in [7, 11) is 0. The van der Waals surface area contributed by atoms with Gasteiger partial charge in [-0.15, -0.1) is 11.8 Å². The van der Waals surface area contributed by atoms with Gasteiger partial charge < -0.3 is 20.2 Å². The van der Waals surface area contributed by atoms with Gasteiger partial charge in [-0.2, -0.15) is 0 Å². The van der Waals surface area contributed by atoms with Crippen molar-refractivity contribution in [2.24, 2.45) is 0 Å². The number of aliphatic hydroxyl groups is 2. The number of aliphatic hydroxyl groups excluding tert-OH is 2. The molecule has 6 heteroatoms. The predicted octanol–water partition coefficient (Wildman–Crippen LogP) is 4.39. The summed E-state index contributed by atoms with van der Waals surface area (Å²) in [4.78, 5) is 12.8. The quantitative estimate of drug-likeness (QED) is 0.324. The van der Waals surface area contributed by atoms with E-state index < -0.39 is 12.1 Å². The van der Waals surface area contributed by atoms with E-state index in [1.165, 1.54) is 31.0 Å². The summed E-state index contributed by atoms with van der Waals surface area (Å²) in [5, 5.41) is 29.4. The van der Waals surface area contributed by atoms with Gasteiger partial charge in [-0.3, -0.25) is 4.79 Å². The van der Waals surface area contributed by atoms with Crippen LogP contribution in [0, 0.1) is 0 Å². The summed E-state index contributed by atoms with van der Waals surface area (Å²) < 4.78 is 0. The van der Waals surface area contributed by atoms with Gasteiger partial charge in [0, 0.05) is 18.0 Å². The third kappa shape index (κ3) is 8.03. The second-order valence-corrected chi connectivity index (χ2v) is 8.72. The van der Waals surface area contributed by atoms with Crippen LogP contribution < -0.4 is 4.90 Å². The van der Waals surface area contributed by atoms with Crippen LogP contribution in [0.4, 0.5) is 5.69 Å². The largest absolute Gasteiger partial charge is 0.481 e. The van der Waals surface area contributed by atoms with Crippen LogP contribution in [0.3, 0.4) is 0 Å². The third-order valence-electron chi connectivity index (χ3n) is 5.43. The van der Waals surface area contributed by atoms with Crippen molar-refractivity contribution in [3.8, 4) is 0 Å². The Morgan fingerprint density at radius 3 is 2.69 bits per heavy atom. The minimum absolute atomic E-state index is 0.0283. The Bertz CT molecular complexity index is 634. The number of aliphatic carboxylic acids is 1. The molecule has 1 heterocycles. The van der Waals surface area contributed by atoms with Gasteiger partial charge >= 0.3 is 5.97 Å². The minimum atomic E-state index is -0.796. The Morgan fingerprint density at radius 2 is 2.00 bits per heavy atom. The van der Waals surface area contributed by atoms with E-state index in [1.807, 2.05) is 36.4 Å². The second-order valence-electron chi connectivity index (χ2n) is 7.69. The first-order chi connectivity index (χ1) is 14.0. The lowest BCUT2D eigenvalue weighted by Crippen LogP contribution is -2.34. The summed E-state index contributed by atoms with van der Waals surface area (Å²) >= 11 is 1.37. The molecule has 1 aromatic rings. The van der Waals surface area contributed by atoms with Crippen molar-refractivity contribution in [3.05, 3.63) is 42.0 Å². The zero-order valence-corrected chi connectivity index (χ0v) is 18.2. The fourth-order valence-corrected chi connectivity index (χ4v) is 4.34. The third-order valence-corrected chi connectivity index (χ3v) is 6.31. The van der Waals surface area contributed by atoms with Crippen LogP contribution in [-0.2, 0) is 4.79 Å². The number of hydrogen-bond donors (Lipinski definition) is 3. The standard InChI is InChI=1S/C23H35NO4S/c1-2-3-4-5-9-21(25)18-10-12-19(13-11-18)24-15-14-22(26)20(24)8-6-7-16-29-17-23(27)28/h6-7,10-13,20-22,25-26H,2-5,8-9,14-17H2,1H3,(H,27,28)/b7-6-. The number of carboxylic acid groups (broad SMARTS) is 1. The first-order valence-corrected chi connectivity index (χ1v) is 11.9. The van der Waals surface area contributed by atoms with Gasteiger partial charge in [0.1, 0.15) is 0 Å². The van der Waals surface area contributed by atoms with E-state index in [0.29, 0.717) is 5.75 Å². The number of anilines is 1. The van der Waals surface area contributed by atoms with Crippen molar-refractivity contribution < 1.29 is 20.1 Å². The molecule has 3 atom stereocenters. The Morgan fingerprint density at radius 1 is 1.24 bits per heavy atom. The van der Waals surface area contributed by atoms with Gasteiger partial charge in [0.15, 0.2) is 0 Å². The average Bonchev–Trinajstić information content (AvgIpc) is 3.08. The molecule has 2 rings (SSSR count). The van der Waals surface area contributed by atoms with Gasteiger partial charge in [0.05, 0.1) is 24.0 Å². The van der Waals surface area contributed by atoms with E-state index >= 15 is 0 Å². The minimum Gasteiger partial charge on any atom is -0.481 e. The molecule has 1 aliphatic rings. The molecule has 0 aromatic heterocycles. The summed E-state index contributed by atoms with van der Waals surface area (Å²) in [6, 6.07) is 8.12. The molecule has 0 saturated carbocycles. The highest BCUT2D eigenvalue weighted by atomic mass is 32.2. The highest BCUT2D eigenvalue weighted by molar-refractivity contribution is 8.00. The molecule has 0 radical (unpaired) electrons. The maximum atomic E-state index is 10.5. The monoisotopic (exact) mass is 421 g/mol. The van der Waals surface area contributed by atoms with E-state index in [-0.39, 0.29) is 17.9 Å². The lowest BCUT2D eigenvalue weighted by Gasteiger charge is -2.28. The molecule has 1 aromatic carbocycles. The predicted molar refractivity (Wildman–Crippen MR) is 121 cm³/mol. The summed E-state index contributed by atoms with van der Waals surface area (Å²) in [6.45, 7) is 3.00. The second kappa shape index (κ2) is 12.9. The summed E-state index contributed by atoms with van der Waals surface area (Å²) in [6.07, 6.45) is 10.2. The maximum Gasteiger partial charge on any atom is 0.313 e. The first kappa shape index (κ1) is 23.8. The van der Waals surface area contributed by atoms with Crippen LogP contribution in [0.5, 0.6) is 0 Å². The van der Waals surface area contributed by atoms with E-state index in [4.69, 9.17) is 5.11 Å². The van der Waals surface area contributed by atoms with Crippen LogP contribution in [0.15, 0.2) is 36.4 Å². The fourth-order valence-electron chi connectivity index (χ4n) is 3.78. The van der Waals surface area contributed by atoms with Crippen molar-refractivity contribution in [1.29, 1.82) is 0 Å². The SMILES string of the molecule is CCCCCCC(O)c1ccc(N2CCC(O)C2C/C=C\CSCC(=O)O)cc1. The average molecular weight is 422 g/mol. The molecule has 3 N–H and O–H groups in total. The molecule has 5 nitrogen and oxygen atoms in total. The van der Waals surface area contributed by atoms with Crippen LogP contribution in [0.2, 0.25) is 0 Å². The number of unbranched alkanes of at least 4 members (excludes halogenated alkanes) is 3. The molecular weight excluding hydrogens is 386 g/mol.